The summed E-state index contributed by atoms with van der Waals surface area (Å²) in [7, 11) is 0. The fraction of sp³-hybridized carbons (Fsp3) is 0. The van der Waals surface area contributed by atoms with Gasteiger partial charge in [-0.05, 0) is 0 Å². The van der Waals surface area contributed by atoms with Crippen LogP contribution in [0.2, 0.25) is 0 Å². The van der Waals surface area contributed by atoms with Crippen LogP contribution in [0, 0.1) is 7.43 Å². The molecule has 0 heterocycles. The van der Waals surface area contributed by atoms with Gasteiger partial charge in [0.1, 0.15) is 0 Å². The van der Waals surface area contributed by atoms with Crippen molar-refractivity contribution in [2.45, 2.75) is 0 Å². The molecule has 0 spiro atoms. The average molecular weight is 148 g/mol. The Morgan fingerprint density at radius 3 is 1.00 bits per heavy atom. The minimum absolute atomic E-state index is 0. The molecular weight excluding hydrogens is 148 g/mol. The number of nitrogens with zero attached hydrogens (tertiary/aromatic N) is 1. The summed E-state index contributed by atoms with van der Waals surface area (Å²) >= 11 is 0. The van der Waals surface area contributed by atoms with Crippen molar-refractivity contribution >= 4 is 0 Å². The van der Waals surface area contributed by atoms with Gasteiger partial charge in [-0.25, -0.2) is 0 Å². The summed E-state index contributed by atoms with van der Waals surface area (Å²) in [6.07, 6.45) is 0. The van der Waals surface area contributed by atoms with Gasteiger partial charge < -0.3 is 0 Å². The summed E-state index contributed by atoms with van der Waals surface area (Å²) in [5.74, 6) is 0. The van der Waals surface area contributed by atoms with Gasteiger partial charge in [-0.2, -0.15) is 0 Å². The summed E-state index contributed by atoms with van der Waals surface area (Å²) in [6.45, 7) is 0. The quantitative estimate of drug-likeness (QED) is 0.419. The first kappa shape index (κ1) is 81.5. The minimum Gasteiger partial charge on any atom is 0 e. The summed E-state index contributed by atoms with van der Waals surface area (Å²) < 4.78 is 0. The number of hydrogen-bond acceptors (Lipinski definition) is 0. The van der Waals surface area contributed by atoms with E-state index in [1.165, 1.54) is 0 Å². The molecule has 0 aromatic rings. The van der Waals surface area contributed by atoms with E-state index in [-0.39, 0.29) is 47.4 Å². The Morgan fingerprint density at radius 1 is 1.00 bits per heavy atom. The summed E-state index contributed by atoms with van der Waals surface area (Å²) in [6, 6.07) is 0. The molecule has 0 saturated heterocycles. The fourth-order valence-corrected chi connectivity index (χ4v) is 0. The minimum atomic E-state index is 0. The molecule has 3 heteroatoms. The van der Waals surface area contributed by atoms with Crippen LogP contribution in [0.25, 0.3) is 0 Å². The largest absolute Gasteiger partial charge is 0 e. The molecule has 9 radical (unpaired) electrons. The molecule has 0 aliphatic heterocycles. The molecule has 0 aliphatic rings. The van der Waals surface area contributed by atoms with E-state index in [2.05, 4.69) is 0 Å². The normalized spacial score (nSPS) is 0. The van der Waals surface area contributed by atoms with Crippen LogP contribution in [0.15, 0.2) is 0 Å². The summed E-state index contributed by atoms with van der Waals surface area (Å²) in [5, 5.41) is 0. The molecule has 29 valence electrons. The van der Waals surface area contributed by atoms with Crippen molar-refractivity contribution in [2.24, 2.45) is 0 Å². The molecule has 0 amide bonds. The monoisotopic (exact) mass is 148 g/mol. The topological polar surface area (TPSA) is 30.5 Å². The van der Waals surface area contributed by atoms with E-state index in [0.29, 0.717) is 0 Å². The van der Waals surface area contributed by atoms with Gasteiger partial charge in [-0.15, -0.1) is 0 Å². The van der Waals surface area contributed by atoms with E-state index in [1.807, 2.05) is 0 Å². The zero-order chi connectivity index (χ0) is 0. The smallest absolute Gasteiger partial charge is 0 e. The van der Waals surface area contributed by atoms with Crippen LogP contribution in [0.5, 0.6) is 0 Å². The second-order valence-electron chi connectivity index (χ2n) is 0. The third kappa shape index (κ3) is 12.1. The molecular formula is CCoCuN. The fourth-order valence-electron chi connectivity index (χ4n) is 0. The van der Waals surface area contributed by atoms with Crippen molar-refractivity contribution in [3.05, 3.63) is 7.43 Å². The van der Waals surface area contributed by atoms with E-state index >= 15 is 0 Å². The van der Waals surface area contributed by atoms with E-state index in [1.54, 1.807) is 0 Å². The zero-order valence-electron chi connectivity index (χ0n) is 1.58. The Hall–Kier alpha value is 0.986. The molecule has 0 N–H and O–H groups in total. The van der Waals surface area contributed by atoms with E-state index < -0.39 is 0 Å². The maximum Gasteiger partial charge on any atom is 0 e. The molecule has 0 unspecified atom stereocenters. The van der Waals surface area contributed by atoms with Gasteiger partial charge in [-0.1, -0.05) is 0 Å². The number of hydrogen-bond donors (Lipinski definition) is 0. The van der Waals surface area contributed by atoms with Crippen molar-refractivity contribution in [3.63, 3.8) is 0 Å². The Bertz CT molecular complexity index is 8.00. The third-order valence-corrected chi connectivity index (χ3v) is 0. The van der Waals surface area contributed by atoms with E-state index in [4.69, 9.17) is 0 Å². The van der Waals surface area contributed by atoms with Crippen LogP contribution < -0.4 is 6.15 Å². The van der Waals surface area contributed by atoms with Crippen molar-refractivity contribution in [1.82, 2.24) is 6.15 Å². The third-order valence-electron chi connectivity index (χ3n) is 0. The Labute approximate surface area is 47.8 Å². The molecule has 0 saturated carbocycles. The van der Waals surface area contributed by atoms with Crippen LogP contribution in [0.4, 0.5) is 0 Å². The van der Waals surface area contributed by atoms with Gasteiger partial charge in [-0.3, -0.25) is 0 Å². The maximum absolute atomic E-state index is 0. The van der Waals surface area contributed by atoms with Crippen LogP contribution in [-0.4, -0.2) is 0 Å². The SMILES string of the molecule is [C].[Co].[Cu].[N]. The molecule has 4 heavy (non-hydrogen) atoms. The summed E-state index contributed by atoms with van der Waals surface area (Å²) in [4.78, 5) is 0. The molecule has 0 fully saturated rings. The number of rotatable bonds is 0. The predicted octanol–water partition coefficient (Wildman–Crippen LogP) is -0.404. The molecule has 0 aliphatic carbocycles. The van der Waals surface area contributed by atoms with Crippen LogP contribution in [0.3, 0.4) is 0 Å². The van der Waals surface area contributed by atoms with Crippen LogP contribution in [0.1, 0.15) is 0 Å². The van der Waals surface area contributed by atoms with Gasteiger partial charge in [0.25, 0.3) is 0 Å². The Kier molecular flexibility index (Phi) is 745. The second kappa shape index (κ2) is 36.6. The molecule has 1 nitrogen and oxygen atoms in total. The predicted molar refractivity (Wildman–Crippen MR) is 5.38 cm³/mol. The zero-order valence-corrected chi connectivity index (χ0v) is 3.56. The molecule has 0 aromatic carbocycles. The van der Waals surface area contributed by atoms with Crippen molar-refractivity contribution < 1.29 is 33.8 Å². The first-order valence-electron chi connectivity index (χ1n) is 0. The Balaban J connectivity index is 0. The standard InChI is InChI=1S/C.Co.Cu.N. The Morgan fingerprint density at radius 2 is 1.00 bits per heavy atom. The van der Waals surface area contributed by atoms with Gasteiger partial charge >= 0.3 is 0 Å². The molecule has 0 atom stereocenters. The van der Waals surface area contributed by atoms with E-state index in [0.717, 1.165) is 0 Å². The van der Waals surface area contributed by atoms with Crippen LogP contribution >= 0.6 is 0 Å². The first-order valence-corrected chi connectivity index (χ1v) is 0. The molecule has 0 rings (SSSR count). The van der Waals surface area contributed by atoms with Crippen molar-refractivity contribution in [2.75, 3.05) is 0 Å². The van der Waals surface area contributed by atoms with Gasteiger partial charge in [0.15, 0.2) is 0 Å². The summed E-state index contributed by atoms with van der Waals surface area (Å²) in [5.41, 5.74) is 0. The van der Waals surface area contributed by atoms with Gasteiger partial charge in [0.2, 0.25) is 0 Å². The van der Waals surface area contributed by atoms with E-state index in [9.17, 15) is 0 Å². The van der Waals surface area contributed by atoms with Crippen molar-refractivity contribution in [3.8, 4) is 0 Å². The van der Waals surface area contributed by atoms with Crippen LogP contribution in [-0.2, 0) is 33.8 Å². The molecule has 0 aromatic heterocycles. The average Bonchev–Trinajstić information content (AvgIpc) is 0. The molecule has 0 bridgehead atoms. The van der Waals surface area contributed by atoms with Gasteiger partial charge in [0, 0.05) is 47.4 Å². The first-order chi connectivity index (χ1) is 0. The van der Waals surface area contributed by atoms with Gasteiger partial charge in [0.05, 0.1) is 0 Å². The van der Waals surface area contributed by atoms with Crippen molar-refractivity contribution in [1.29, 1.82) is 0 Å². The maximum atomic E-state index is 0. The second-order valence-corrected chi connectivity index (χ2v) is 0.